The highest BCUT2D eigenvalue weighted by molar-refractivity contribution is 7.17. The van der Waals surface area contributed by atoms with Crippen LogP contribution >= 0.6 is 22.9 Å². The minimum Gasteiger partial charge on any atom is -0.391 e. The molecule has 0 bridgehead atoms. The van der Waals surface area contributed by atoms with E-state index in [1.165, 1.54) is 23.1 Å². The first-order valence-corrected chi connectivity index (χ1v) is 11.7. The fraction of sp³-hybridized carbons (Fsp3) is 0.250. The second-order valence-electron chi connectivity index (χ2n) is 7.86. The lowest BCUT2D eigenvalue weighted by atomic mass is 10.0. The molecule has 0 fully saturated rings. The van der Waals surface area contributed by atoms with Gasteiger partial charge in [0.15, 0.2) is 4.96 Å². The van der Waals surface area contributed by atoms with Crippen molar-refractivity contribution >= 4 is 34.1 Å². The topological polar surface area (TPSA) is 38.9 Å². The van der Waals surface area contributed by atoms with Gasteiger partial charge in [-0.05, 0) is 55.5 Å². The molecule has 5 rings (SSSR count). The van der Waals surface area contributed by atoms with Gasteiger partial charge < -0.3 is 4.84 Å². The molecule has 2 heterocycles. The molecule has 2 aromatic heterocycles. The number of hydrogen-bond acceptors (Lipinski definition) is 4. The standard InChI is InChI=1S/C24H19ClF3N3OS/c25-18-10-8-16(9-11-18)22-20(31-19-6-1-2-7-21(19)33-23(31)30-22)13-29-32-14-15-4-3-5-17(12-15)24(26,27)28/h3-5,8-13H,1-2,6-7,14H2/b29-13-. The molecule has 1 aliphatic carbocycles. The Balaban J connectivity index is 1.46. The van der Waals surface area contributed by atoms with Crippen molar-refractivity contribution in [2.24, 2.45) is 5.16 Å². The Morgan fingerprint density at radius 3 is 2.70 bits per heavy atom. The van der Waals surface area contributed by atoms with Gasteiger partial charge in [0.05, 0.1) is 23.2 Å². The van der Waals surface area contributed by atoms with Crippen LogP contribution in [0.15, 0.2) is 53.7 Å². The van der Waals surface area contributed by atoms with Gasteiger partial charge in [-0.15, -0.1) is 11.3 Å². The molecule has 170 valence electrons. The Morgan fingerprint density at radius 2 is 1.91 bits per heavy atom. The van der Waals surface area contributed by atoms with Crippen molar-refractivity contribution < 1.29 is 18.0 Å². The molecule has 33 heavy (non-hydrogen) atoms. The molecule has 0 aliphatic heterocycles. The summed E-state index contributed by atoms with van der Waals surface area (Å²) in [5.41, 5.74) is 3.38. The van der Waals surface area contributed by atoms with Crippen LogP contribution in [0.1, 0.15) is 40.2 Å². The van der Waals surface area contributed by atoms with E-state index in [0.29, 0.717) is 10.6 Å². The van der Waals surface area contributed by atoms with E-state index < -0.39 is 11.7 Å². The molecule has 4 aromatic rings. The maximum absolute atomic E-state index is 12.9. The zero-order valence-corrected chi connectivity index (χ0v) is 19.0. The number of rotatable bonds is 5. The van der Waals surface area contributed by atoms with Crippen molar-refractivity contribution in [2.45, 2.75) is 38.5 Å². The first-order valence-electron chi connectivity index (χ1n) is 10.5. The fourth-order valence-corrected chi connectivity index (χ4v) is 5.38. The second-order valence-corrected chi connectivity index (χ2v) is 9.35. The number of aryl methyl sites for hydroxylation is 2. The van der Waals surface area contributed by atoms with Crippen LogP contribution in [-0.4, -0.2) is 15.6 Å². The van der Waals surface area contributed by atoms with Gasteiger partial charge >= 0.3 is 6.18 Å². The summed E-state index contributed by atoms with van der Waals surface area (Å²) in [6, 6.07) is 12.5. The van der Waals surface area contributed by atoms with Crippen molar-refractivity contribution in [3.63, 3.8) is 0 Å². The highest BCUT2D eigenvalue weighted by Gasteiger charge is 2.30. The van der Waals surface area contributed by atoms with E-state index in [4.69, 9.17) is 21.4 Å². The van der Waals surface area contributed by atoms with Gasteiger partial charge in [0.25, 0.3) is 0 Å². The summed E-state index contributed by atoms with van der Waals surface area (Å²) in [5, 5.41) is 4.73. The maximum Gasteiger partial charge on any atom is 0.416 e. The van der Waals surface area contributed by atoms with E-state index in [-0.39, 0.29) is 6.61 Å². The first kappa shape index (κ1) is 22.0. The average Bonchev–Trinajstić information content (AvgIpc) is 3.33. The number of hydrogen-bond donors (Lipinski definition) is 0. The number of imidazole rings is 1. The Bertz CT molecular complexity index is 1330. The summed E-state index contributed by atoms with van der Waals surface area (Å²) in [7, 11) is 0. The highest BCUT2D eigenvalue weighted by Crippen LogP contribution is 2.35. The first-order chi connectivity index (χ1) is 15.9. The summed E-state index contributed by atoms with van der Waals surface area (Å²) in [4.78, 5) is 12.5. The van der Waals surface area contributed by atoms with Crippen molar-refractivity contribution in [2.75, 3.05) is 0 Å². The summed E-state index contributed by atoms with van der Waals surface area (Å²) in [6.45, 7) is -0.0691. The summed E-state index contributed by atoms with van der Waals surface area (Å²) < 4.78 is 40.9. The van der Waals surface area contributed by atoms with Crippen molar-refractivity contribution in [1.82, 2.24) is 9.38 Å². The van der Waals surface area contributed by atoms with Crippen molar-refractivity contribution in [3.8, 4) is 11.3 Å². The minimum absolute atomic E-state index is 0.0691. The number of aromatic nitrogens is 2. The van der Waals surface area contributed by atoms with E-state index >= 15 is 0 Å². The number of halogens is 4. The molecule has 1 aliphatic rings. The van der Waals surface area contributed by atoms with Crippen molar-refractivity contribution in [3.05, 3.63) is 80.9 Å². The van der Waals surface area contributed by atoms with E-state index in [1.54, 1.807) is 23.6 Å². The van der Waals surface area contributed by atoms with Crippen LogP contribution in [0, 0.1) is 0 Å². The third kappa shape index (κ3) is 4.50. The smallest absolute Gasteiger partial charge is 0.391 e. The molecule has 0 amide bonds. The third-order valence-corrected chi connectivity index (χ3v) is 7.00. The van der Waals surface area contributed by atoms with Gasteiger partial charge in [0, 0.05) is 21.2 Å². The molecular formula is C24H19ClF3N3OS. The normalized spacial score (nSPS) is 14.2. The van der Waals surface area contributed by atoms with Gasteiger partial charge in [0.2, 0.25) is 0 Å². The molecule has 4 nitrogen and oxygen atoms in total. The number of alkyl halides is 3. The molecule has 0 unspecified atom stereocenters. The van der Waals surface area contributed by atoms with Crippen LogP contribution < -0.4 is 0 Å². The third-order valence-electron chi connectivity index (χ3n) is 5.61. The van der Waals surface area contributed by atoms with Crippen LogP contribution in [0.2, 0.25) is 5.02 Å². The minimum atomic E-state index is -4.39. The number of nitrogens with zero attached hydrogens (tertiary/aromatic N) is 3. The lowest BCUT2D eigenvalue weighted by Gasteiger charge is -2.11. The van der Waals surface area contributed by atoms with Crippen LogP contribution in [-0.2, 0) is 30.5 Å². The van der Waals surface area contributed by atoms with Gasteiger partial charge in [0.1, 0.15) is 6.61 Å². The molecule has 0 saturated heterocycles. The van der Waals surface area contributed by atoms with Crippen molar-refractivity contribution in [1.29, 1.82) is 0 Å². The fourth-order valence-electron chi connectivity index (χ4n) is 4.04. The highest BCUT2D eigenvalue weighted by atomic mass is 35.5. The Morgan fingerprint density at radius 1 is 1.12 bits per heavy atom. The lowest BCUT2D eigenvalue weighted by molar-refractivity contribution is -0.137. The average molecular weight is 490 g/mol. The number of fused-ring (bicyclic) bond motifs is 3. The van der Waals surface area contributed by atoms with Crippen LogP contribution in [0.4, 0.5) is 13.2 Å². The molecule has 2 aromatic carbocycles. The zero-order chi connectivity index (χ0) is 23.0. The zero-order valence-electron chi connectivity index (χ0n) is 17.4. The maximum atomic E-state index is 12.9. The van der Waals surface area contributed by atoms with Gasteiger partial charge in [-0.1, -0.05) is 41.0 Å². The lowest BCUT2D eigenvalue weighted by Crippen LogP contribution is -2.06. The SMILES string of the molecule is FC(F)(F)c1cccc(CO/N=C\c2c(-c3ccc(Cl)cc3)nc3sc4c(n23)CCCC4)c1. The van der Waals surface area contributed by atoms with Gasteiger partial charge in [-0.2, -0.15) is 13.2 Å². The molecule has 0 radical (unpaired) electrons. The van der Waals surface area contributed by atoms with Gasteiger partial charge in [-0.25, -0.2) is 4.98 Å². The second kappa shape index (κ2) is 8.83. The quantitative estimate of drug-likeness (QED) is 0.220. The summed E-state index contributed by atoms with van der Waals surface area (Å²) >= 11 is 7.74. The Kier molecular flexibility index (Phi) is 5.88. The molecule has 0 spiro atoms. The predicted molar refractivity (Wildman–Crippen MR) is 124 cm³/mol. The summed E-state index contributed by atoms with van der Waals surface area (Å²) in [5.74, 6) is 0. The molecule has 0 atom stereocenters. The van der Waals surface area contributed by atoms with Crippen LogP contribution in [0.5, 0.6) is 0 Å². The monoisotopic (exact) mass is 489 g/mol. The molecular weight excluding hydrogens is 471 g/mol. The molecule has 9 heteroatoms. The van der Waals surface area contributed by atoms with Crippen LogP contribution in [0.3, 0.4) is 0 Å². The summed E-state index contributed by atoms with van der Waals surface area (Å²) in [6.07, 6.45) is 1.51. The van der Waals surface area contributed by atoms with E-state index in [1.807, 2.05) is 24.3 Å². The van der Waals surface area contributed by atoms with Gasteiger partial charge in [-0.3, -0.25) is 4.40 Å². The Labute approximate surface area is 197 Å². The molecule has 0 N–H and O–H groups in total. The number of benzene rings is 2. The van der Waals surface area contributed by atoms with E-state index in [0.717, 1.165) is 53.3 Å². The number of thiazole rings is 1. The Hall–Kier alpha value is -2.84. The predicted octanol–water partition coefficient (Wildman–Crippen LogP) is 7.16. The number of oxime groups is 1. The van der Waals surface area contributed by atoms with E-state index in [9.17, 15) is 13.2 Å². The molecule has 0 saturated carbocycles. The van der Waals surface area contributed by atoms with E-state index in [2.05, 4.69) is 9.56 Å². The van der Waals surface area contributed by atoms with Crippen LogP contribution in [0.25, 0.3) is 16.2 Å². The largest absolute Gasteiger partial charge is 0.416 e.